The number of hydrogen-bond donors (Lipinski definition) is 1. The van der Waals surface area contributed by atoms with Crippen molar-refractivity contribution in [1.82, 2.24) is 9.38 Å². The third-order valence-electron chi connectivity index (χ3n) is 7.56. The smallest absolute Gasteiger partial charge is 0.302 e. The van der Waals surface area contributed by atoms with E-state index in [1.807, 2.05) is 19.2 Å². The van der Waals surface area contributed by atoms with E-state index in [4.69, 9.17) is 4.74 Å². The number of benzene rings is 3. The van der Waals surface area contributed by atoms with Gasteiger partial charge < -0.3 is 9.64 Å². The molecular formula is C35H50N3O+. The molecule has 0 spiro atoms. The molecule has 4 heteroatoms. The van der Waals surface area contributed by atoms with Crippen LogP contribution < -0.4 is 9.22 Å². The maximum Gasteiger partial charge on any atom is 0.302 e. The summed E-state index contributed by atoms with van der Waals surface area (Å²) in [6.07, 6.45) is 2.16. The van der Waals surface area contributed by atoms with E-state index < -0.39 is 0 Å². The highest BCUT2D eigenvalue weighted by Gasteiger charge is 2.35. The Morgan fingerprint density at radius 2 is 1.26 bits per heavy atom. The lowest BCUT2D eigenvalue weighted by Gasteiger charge is -2.37. The SMILES string of the molecule is CCCCOc1ccc([N+](C)(Cc2ccc(C(C)(C)C)cc2)C(=N)N(C)Cc2ccc(C(C)(C)C)cc2)cc1. The zero-order valence-electron chi connectivity index (χ0n) is 25.8. The summed E-state index contributed by atoms with van der Waals surface area (Å²) in [4.78, 5) is 2.07. The van der Waals surface area contributed by atoms with Gasteiger partial charge in [0.1, 0.15) is 18.0 Å². The Balaban J connectivity index is 1.89. The quantitative estimate of drug-likeness (QED) is 0.131. The van der Waals surface area contributed by atoms with Crippen molar-refractivity contribution in [3.8, 4) is 5.75 Å². The summed E-state index contributed by atoms with van der Waals surface area (Å²) in [5, 5.41) is 9.42. The Hall–Kier alpha value is -3.11. The third-order valence-corrected chi connectivity index (χ3v) is 7.56. The van der Waals surface area contributed by atoms with Gasteiger partial charge in [-0.05, 0) is 46.1 Å². The van der Waals surface area contributed by atoms with E-state index in [0.717, 1.165) is 30.9 Å². The number of unbranched alkanes of at least 4 members (excludes halogenated alkanes) is 1. The van der Waals surface area contributed by atoms with Crippen LogP contribution in [0.15, 0.2) is 72.8 Å². The molecule has 0 saturated carbocycles. The van der Waals surface area contributed by atoms with Gasteiger partial charge in [0, 0.05) is 31.3 Å². The minimum Gasteiger partial charge on any atom is -0.494 e. The van der Waals surface area contributed by atoms with E-state index in [1.165, 1.54) is 22.3 Å². The van der Waals surface area contributed by atoms with Gasteiger partial charge in [0.05, 0.1) is 13.7 Å². The number of nitrogens with one attached hydrogen (secondary N) is 1. The van der Waals surface area contributed by atoms with E-state index in [-0.39, 0.29) is 10.8 Å². The normalized spacial score (nSPS) is 13.6. The van der Waals surface area contributed by atoms with Crippen molar-refractivity contribution in [3.05, 3.63) is 95.1 Å². The van der Waals surface area contributed by atoms with Crippen molar-refractivity contribution in [2.45, 2.75) is 85.2 Å². The number of ether oxygens (including phenoxy) is 1. The minimum atomic E-state index is 0.111. The molecule has 0 saturated heterocycles. The van der Waals surface area contributed by atoms with Crippen LogP contribution in [0.25, 0.3) is 0 Å². The molecule has 0 aliphatic carbocycles. The number of quaternary nitrogens is 1. The average Bonchev–Trinajstić information content (AvgIpc) is 2.88. The first-order chi connectivity index (χ1) is 18.2. The molecule has 4 nitrogen and oxygen atoms in total. The second-order valence-electron chi connectivity index (χ2n) is 13.1. The van der Waals surface area contributed by atoms with Crippen LogP contribution in [0.2, 0.25) is 0 Å². The minimum absolute atomic E-state index is 0.111. The second-order valence-corrected chi connectivity index (χ2v) is 13.1. The van der Waals surface area contributed by atoms with Crippen molar-refractivity contribution in [1.29, 1.82) is 5.41 Å². The Morgan fingerprint density at radius 3 is 1.72 bits per heavy atom. The van der Waals surface area contributed by atoms with Crippen LogP contribution in [0, 0.1) is 5.41 Å². The van der Waals surface area contributed by atoms with E-state index in [9.17, 15) is 5.41 Å². The molecule has 0 amide bonds. The van der Waals surface area contributed by atoms with E-state index in [0.29, 0.717) is 23.5 Å². The molecule has 39 heavy (non-hydrogen) atoms. The summed E-state index contributed by atoms with van der Waals surface area (Å²) in [6, 6.07) is 26.1. The predicted molar refractivity (Wildman–Crippen MR) is 168 cm³/mol. The Bertz CT molecular complexity index is 1200. The fourth-order valence-electron chi connectivity index (χ4n) is 4.81. The standard InChI is InChI=1S/C35H50N3O/c1-10-11-24-39-32-22-20-31(21-23-32)38(9,26-28-14-18-30(19-15-28)35(5,6)7)33(36)37(8)25-27-12-16-29(17-13-27)34(2,3)4/h12-23,36H,10-11,24-26H2,1-9H3/q+1. The molecule has 0 fully saturated rings. The lowest BCUT2D eigenvalue weighted by atomic mass is 9.86. The summed E-state index contributed by atoms with van der Waals surface area (Å²) in [5.74, 6) is 1.43. The molecule has 1 atom stereocenters. The van der Waals surface area contributed by atoms with Crippen LogP contribution in [0.4, 0.5) is 5.69 Å². The van der Waals surface area contributed by atoms with Crippen molar-refractivity contribution in [2.75, 3.05) is 20.7 Å². The number of guanidine groups is 1. The number of rotatable bonds is 9. The predicted octanol–water partition coefficient (Wildman–Crippen LogP) is 8.66. The lowest BCUT2D eigenvalue weighted by molar-refractivity contribution is 0.309. The summed E-state index contributed by atoms with van der Waals surface area (Å²) in [6.45, 7) is 17.7. The molecule has 3 aromatic rings. The van der Waals surface area contributed by atoms with Gasteiger partial charge in [-0.15, -0.1) is 0 Å². The van der Waals surface area contributed by atoms with Crippen molar-refractivity contribution < 1.29 is 4.74 Å². The highest BCUT2D eigenvalue weighted by atomic mass is 16.5. The maximum absolute atomic E-state index is 9.42. The van der Waals surface area contributed by atoms with E-state index in [1.54, 1.807) is 0 Å². The van der Waals surface area contributed by atoms with Crippen molar-refractivity contribution in [3.63, 3.8) is 0 Å². The Labute approximate surface area is 237 Å². The third kappa shape index (κ3) is 7.95. The van der Waals surface area contributed by atoms with Crippen LogP contribution in [-0.2, 0) is 23.9 Å². The zero-order valence-corrected chi connectivity index (χ0v) is 25.8. The number of hydrogen-bond acceptors (Lipinski definition) is 2. The van der Waals surface area contributed by atoms with E-state index in [2.05, 4.69) is 121 Å². The second kappa shape index (κ2) is 12.4. The monoisotopic (exact) mass is 528 g/mol. The van der Waals surface area contributed by atoms with Crippen LogP contribution in [0.3, 0.4) is 0 Å². The van der Waals surface area contributed by atoms with E-state index >= 15 is 0 Å². The van der Waals surface area contributed by atoms with Gasteiger partial charge in [-0.1, -0.05) is 103 Å². The topological polar surface area (TPSA) is 36.3 Å². The van der Waals surface area contributed by atoms with Gasteiger partial charge in [0.25, 0.3) is 0 Å². The first-order valence-corrected chi connectivity index (χ1v) is 14.3. The highest BCUT2D eigenvalue weighted by molar-refractivity contribution is 5.88. The molecule has 1 N–H and O–H groups in total. The van der Waals surface area contributed by atoms with Crippen LogP contribution in [0.1, 0.15) is 83.6 Å². The van der Waals surface area contributed by atoms with Gasteiger partial charge in [-0.3, -0.25) is 0 Å². The molecule has 0 aliphatic heterocycles. The van der Waals surface area contributed by atoms with Gasteiger partial charge in [-0.25, -0.2) is 9.89 Å². The van der Waals surface area contributed by atoms with Gasteiger partial charge >= 0.3 is 5.96 Å². The van der Waals surface area contributed by atoms with Gasteiger partial charge in [0.2, 0.25) is 0 Å². The molecule has 3 rings (SSSR count). The van der Waals surface area contributed by atoms with Crippen molar-refractivity contribution in [2.24, 2.45) is 0 Å². The summed E-state index contributed by atoms with van der Waals surface area (Å²) >= 11 is 0. The highest BCUT2D eigenvalue weighted by Crippen LogP contribution is 2.30. The zero-order chi connectivity index (χ0) is 28.8. The van der Waals surface area contributed by atoms with Crippen LogP contribution >= 0.6 is 0 Å². The first-order valence-electron chi connectivity index (χ1n) is 14.3. The largest absolute Gasteiger partial charge is 0.494 e. The molecule has 0 aliphatic rings. The van der Waals surface area contributed by atoms with Gasteiger partial charge in [0.15, 0.2) is 0 Å². The molecule has 0 radical (unpaired) electrons. The molecule has 3 aromatic carbocycles. The summed E-state index contributed by atoms with van der Waals surface area (Å²) < 4.78 is 6.29. The van der Waals surface area contributed by atoms with Crippen LogP contribution in [0.5, 0.6) is 5.75 Å². The number of nitrogens with zero attached hydrogens (tertiary/aromatic N) is 2. The summed E-state index contributed by atoms with van der Waals surface area (Å²) in [5.41, 5.74) is 6.36. The molecule has 210 valence electrons. The lowest BCUT2D eigenvalue weighted by Crippen LogP contribution is -2.55. The summed E-state index contributed by atoms with van der Waals surface area (Å²) in [7, 11) is 4.17. The molecule has 0 heterocycles. The fourth-order valence-corrected chi connectivity index (χ4v) is 4.81. The molecule has 1 unspecified atom stereocenters. The average molecular weight is 529 g/mol. The molecule has 0 aromatic heterocycles. The Morgan fingerprint density at radius 1 is 0.769 bits per heavy atom. The van der Waals surface area contributed by atoms with Gasteiger partial charge in [-0.2, -0.15) is 0 Å². The maximum atomic E-state index is 9.42. The molecular weight excluding hydrogens is 478 g/mol. The fraction of sp³-hybridized carbons (Fsp3) is 0.457. The van der Waals surface area contributed by atoms with Crippen LogP contribution in [-0.4, -0.2) is 31.6 Å². The first kappa shape index (κ1) is 30.4. The Kier molecular flexibility index (Phi) is 9.66. The van der Waals surface area contributed by atoms with Crippen molar-refractivity contribution >= 4 is 11.6 Å². The molecule has 0 bridgehead atoms.